The van der Waals surface area contributed by atoms with Crippen molar-refractivity contribution in [3.05, 3.63) is 41.8 Å². The van der Waals surface area contributed by atoms with E-state index in [1.807, 2.05) is 13.8 Å². The molecule has 1 heterocycles. The summed E-state index contributed by atoms with van der Waals surface area (Å²) in [6, 6.07) is 5.60. The third kappa shape index (κ3) is 2.16. The summed E-state index contributed by atoms with van der Waals surface area (Å²) in [7, 11) is 0. The number of carboxylic acids is 1. The quantitative estimate of drug-likeness (QED) is 0.804. The Hall–Kier alpha value is -1.97. The fraction of sp³-hybridized carbons (Fsp3) is 0.167. The topological polar surface area (TPSA) is 50.2 Å². The van der Waals surface area contributed by atoms with E-state index in [4.69, 9.17) is 5.11 Å². The molecule has 2 aromatic rings. The van der Waals surface area contributed by atoms with Gasteiger partial charge in [-0.25, -0.2) is 9.18 Å². The van der Waals surface area contributed by atoms with Crippen molar-refractivity contribution in [1.82, 2.24) is 4.98 Å². The van der Waals surface area contributed by atoms with Crippen molar-refractivity contribution in [2.45, 2.75) is 13.8 Å². The number of rotatable bonds is 1. The lowest BCUT2D eigenvalue weighted by molar-refractivity contribution is 0.0699. The monoisotopic (exact) mass is 221 g/mol. The van der Waals surface area contributed by atoms with Crippen molar-refractivity contribution in [1.29, 1.82) is 0 Å². The third-order valence-corrected chi connectivity index (χ3v) is 1.95. The van der Waals surface area contributed by atoms with Gasteiger partial charge in [0, 0.05) is 11.6 Å². The first-order valence-electron chi connectivity index (χ1n) is 4.96. The normalized spacial score (nSPS) is 9.44. The Morgan fingerprint density at radius 1 is 1.31 bits per heavy atom. The zero-order valence-electron chi connectivity index (χ0n) is 9.07. The Kier molecular flexibility index (Phi) is 3.94. The first kappa shape index (κ1) is 12.1. The van der Waals surface area contributed by atoms with E-state index >= 15 is 0 Å². The highest BCUT2D eigenvalue weighted by molar-refractivity contribution is 6.02. The van der Waals surface area contributed by atoms with Crippen molar-refractivity contribution in [2.24, 2.45) is 0 Å². The summed E-state index contributed by atoms with van der Waals surface area (Å²) < 4.78 is 13.2. The smallest absolute Gasteiger partial charge is 0.336 e. The lowest BCUT2D eigenvalue weighted by atomic mass is 10.1. The minimum absolute atomic E-state index is 0.0644. The summed E-state index contributed by atoms with van der Waals surface area (Å²) in [5.41, 5.74) is 0.155. The number of halogens is 1. The summed E-state index contributed by atoms with van der Waals surface area (Å²) in [5.74, 6) is -1.59. The van der Waals surface area contributed by atoms with Gasteiger partial charge in [-0.15, -0.1) is 0 Å². The fourth-order valence-electron chi connectivity index (χ4n) is 1.33. The zero-order valence-corrected chi connectivity index (χ0v) is 9.07. The summed E-state index contributed by atoms with van der Waals surface area (Å²) in [6.07, 6.45) is 1.29. The molecule has 1 aromatic carbocycles. The van der Waals surface area contributed by atoms with Gasteiger partial charge in [0.25, 0.3) is 0 Å². The number of carbonyl (C=O) groups is 1. The number of aromatic nitrogens is 1. The first-order valence-corrected chi connectivity index (χ1v) is 4.96. The largest absolute Gasteiger partial charge is 0.478 e. The molecule has 0 saturated carbocycles. The molecule has 0 aliphatic carbocycles. The van der Waals surface area contributed by atoms with Gasteiger partial charge in [-0.3, -0.25) is 4.98 Å². The Bertz CT molecular complexity index is 511. The molecule has 1 aromatic heterocycles. The number of carboxylic acid groups (broad SMARTS) is 1. The molecular weight excluding hydrogens is 209 g/mol. The molecule has 0 aliphatic heterocycles. The Balaban J connectivity index is 0.000000606. The van der Waals surface area contributed by atoms with Gasteiger partial charge in [0.05, 0.1) is 5.56 Å². The number of fused-ring (bicyclic) bond motifs is 1. The molecule has 0 amide bonds. The molecule has 0 atom stereocenters. The first-order chi connectivity index (χ1) is 7.70. The van der Waals surface area contributed by atoms with Gasteiger partial charge in [0.15, 0.2) is 0 Å². The fourth-order valence-corrected chi connectivity index (χ4v) is 1.33. The van der Waals surface area contributed by atoms with Gasteiger partial charge in [-0.1, -0.05) is 26.0 Å². The van der Waals surface area contributed by atoms with E-state index in [-0.39, 0.29) is 11.1 Å². The number of benzene rings is 1. The third-order valence-electron chi connectivity index (χ3n) is 1.95. The van der Waals surface area contributed by atoms with Crippen molar-refractivity contribution < 1.29 is 14.3 Å². The maximum absolute atomic E-state index is 13.2. The number of para-hydroxylation sites is 1. The molecule has 84 valence electrons. The predicted molar refractivity (Wildman–Crippen MR) is 60.0 cm³/mol. The highest BCUT2D eigenvalue weighted by Gasteiger charge is 2.10. The average molecular weight is 221 g/mol. The molecule has 2 rings (SSSR count). The second-order valence-corrected chi connectivity index (χ2v) is 2.80. The number of hydrogen-bond acceptors (Lipinski definition) is 2. The van der Waals surface area contributed by atoms with Crippen LogP contribution in [0.15, 0.2) is 30.5 Å². The number of nitrogens with zero attached hydrogens (tertiary/aromatic N) is 1. The van der Waals surface area contributed by atoms with Gasteiger partial charge in [-0.05, 0) is 12.1 Å². The van der Waals surface area contributed by atoms with Crippen LogP contribution in [-0.4, -0.2) is 16.1 Å². The molecule has 1 N–H and O–H groups in total. The second kappa shape index (κ2) is 5.21. The maximum Gasteiger partial charge on any atom is 0.336 e. The van der Waals surface area contributed by atoms with E-state index in [2.05, 4.69) is 4.98 Å². The molecule has 4 heteroatoms. The van der Waals surface area contributed by atoms with Crippen LogP contribution in [0.3, 0.4) is 0 Å². The van der Waals surface area contributed by atoms with Crippen LogP contribution in [0.25, 0.3) is 10.9 Å². The minimum atomic E-state index is -1.08. The summed E-state index contributed by atoms with van der Waals surface area (Å²) >= 11 is 0. The lowest BCUT2D eigenvalue weighted by Gasteiger charge is -2.01. The molecule has 16 heavy (non-hydrogen) atoms. The van der Waals surface area contributed by atoms with Gasteiger partial charge in [-0.2, -0.15) is 0 Å². The Morgan fingerprint density at radius 3 is 2.62 bits per heavy atom. The molecule has 0 aliphatic rings. The van der Waals surface area contributed by atoms with Crippen molar-refractivity contribution in [2.75, 3.05) is 0 Å². The molecule has 0 fully saturated rings. The second-order valence-electron chi connectivity index (χ2n) is 2.80. The van der Waals surface area contributed by atoms with Gasteiger partial charge >= 0.3 is 5.97 Å². The van der Waals surface area contributed by atoms with E-state index in [1.54, 1.807) is 0 Å². The van der Waals surface area contributed by atoms with Crippen LogP contribution in [0.2, 0.25) is 0 Å². The van der Waals surface area contributed by atoms with E-state index < -0.39 is 11.8 Å². The molecular formula is C12H12FNO2. The highest BCUT2D eigenvalue weighted by atomic mass is 19.1. The van der Waals surface area contributed by atoms with Gasteiger partial charge in [0.1, 0.15) is 11.3 Å². The summed E-state index contributed by atoms with van der Waals surface area (Å²) in [6.45, 7) is 4.00. The molecule has 0 unspecified atom stereocenters. The lowest BCUT2D eigenvalue weighted by Crippen LogP contribution is -1.98. The zero-order chi connectivity index (χ0) is 12.1. The van der Waals surface area contributed by atoms with Crippen molar-refractivity contribution >= 4 is 16.9 Å². The van der Waals surface area contributed by atoms with Crippen LogP contribution in [0.4, 0.5) is 4.39 Å². The van der Waals surface area contributed by atoms with Crippen LogP contribution in [-0.2, 0) is 0 Å². The number of pyridine rings is 1. The molecule has 0 radical (unpaired) electrons. The molecule has 0 spiro atoms. The summed E-state index contributed by atoms with van der Waals surface area (Å²) in [5, 5.41) is 9.14. The number of hydrogen-bond donors (Lipinski definition) is 1. The standard InChI is InChI=1S/C10H6FNO2.C2H6/c11-8-3-1-2-6-7(10(13)14)4-5-12-9(6)8;1-2/h1-5H,(H,13,14);1-2H3. The van der Waals surface area contributed by atoms with E-state index in [9.17, 15) is 9.18 Å². The van der Waals surface area contributed by atoms with Crippen LogP contribution in [0, 0.1) is 5.82 Å². The Morgan fingerprint density at radius 2 is 2.00 bits per heavy atom. The van der Waals surface area contributed by atoms with Gasteiger partial charge in [0.2, 0.25) is 0 Å². The van der Waals surface area contributed by atoms with E-state index in [0.717, 1.165) is 0 Å². The van der Waals surface area contributed by atoms with E-state index in [1.165, 1.54) is 30.5 Å². The Labute approximate surface area is 92.6 Å². The summed E-state index contributed by atoms with van der Waals surface area (Å²) in [4.78, 5) is 14.6. The molecule has 0 saturated heterocycles. The molecule has 0 bridgehead atoms. The minimum Gasteiger partial charge on any atom is -0.478 e. The SMILES string of the molecule is CC.O=C(O)c1ccnc2c(F)cccc12. The number of aromatic carboxylic acids is 1. The van der Waals surface area contributed by atoms with Crippen LogP contribution < -0.4 is 0 Å². The highest BCUT2D eigenvalue weighted by Crippen LogP contribution is 2.18. The molecule has 3 nitrogen and oxygen atoms in total. The van der Waals surface area contributed by atoms with Crippen LogP contribution >= 0.6 is 0 Å². The van der Waals surface area contributed by atoms with Crippen molar-refractivity contribution in [3.63, 3.8) is 0 Å². The average Bonchev–Trinajstić information content (AvgIpc) is 2.31. The maximum atomic E-state index is 13.2. The van der Waals surface area contributed by atoms with Crippen molar-refractivity contribution in [3.8, 4) is 0 Å². The van der Waals surface area contributed by atoms with Crippen LogP contribution in [0.5, 0.6) is 0 Å². The van der Waals surface area contributed by atoms with Crippen LogP contribution in [0.1, 0.15) is 24.2 Å². The van der Waals surface area contributed by atoms with E-state index in [0.29, 0.717) is 5.39 Å². The predicted octanol–water partition coefficient (Wildman–Crippen LogP) is 3.10. The van der Waals surface area contributed by atoms with Gasteiger partial charge < -0.3 is 5.11 Å².